The number of rotatable bonds is 5. The van der Waals surface area contributed by atoms with Gasteiger partial charge in [0.15, 0.2) is 0 Å². The molecule has 1 aromatic heterocycles. The molecule has 0 fully saturated rings. The van der Waals surface area contributed by atoms with E-state index in [1.165, 1.54) is 18.5 Å². The van der Waals surface area contributed by atoms with Crippen LogP contribution in [0.5, 0.6) is 0 Å². The van der Waals surface area contributed by atoms with E-state index in [2.05, 4.69) is 36.5 Å². The number of anilines is 4. The molecule has 0 aliphatic carbocycles. The van der Waals surface area contributed by atoms with Gasteiger partial charge in [-0.3, -0.25) is 10.1 Å². The number of nitrogens with one attached hydrogen (secondary N) is 2. The second-order valence-corrected chi connectivity index (χ2v) is 6.84. The molecule has 0 saturated heterocycles. The van der Waals surface area contributed by atoms with E-state index >= 15 is 0 Å². The molecule has 7 nitrogen and oxygen atoms in total. The smallest absolute Gasteiger partial charge is 0.334 e. The molecule has 9 heteroatoms. The van der Waals surface area contributed by atoms with Crippen molar-refractivity contribution < 1.29 is 9.31 Å². The molecule has 27 heavy (non-hydrogen) atoms. The molecule has 0 radical (unpaired) electrons. The van der Waals surface area contributed by atoms with Crippen LogP contribution in [0.4, 0.5) is 33.1 Å². The average molecular weight is 432 g/mol. The molecule has 0 spiro atoms. The van der Waals surface area contributed by atoms with Crippen molar-refractivity contribution in [2.75, 3.05) is 10.6 Å². The van der Waals surface area contributed by atoms with Gasteiger partial charge in [0.25, 0.3) is 0 Å². The Morgan fingerprint density at radius 3 is 2.26 bits per heavy atom. The second kappa shape index (κ2) is 7.67. The standard InChI is InChI=1S/C18H15BrFN5O2/c1-10-5-11(2)7-13(6-10)23-17-16(25(26)27)18(22-9-21-17)24-15-4-3-12(19)8-14(15)20/h3-9H,1-2H3,(H2,21,22,23,24). The summed E-state index contributed by atoms with van der Waals surface area (Å²) in [6, 6.07) is 10.0. The number of aryl methyl sites for hydroxylation is 2. The fourth-order valence-corrected chi connectivity index (χ4v) is 2.97. The lowest BCUT2D eigenvalue weighted by Crippen LogP contribution is -2.06. The molecular formula is C18H15BrFN5O2. The van der Waals surface area contributed by atoms with E-state index in [4.69, 9.17) is 0 Å². The maximum atomic E-state index is 14.1. The monoisotopic (exact) mass is 431 g/mol. The molecule has 3 aromatic rings. The van der Waals surface area contributed by atoms with Crippen LogP contribution in [0.25, 0.3) is 0 Å². The molecular weight excluding hydrogens is 417 g/mol. The minimum atomic E-state index is -0.607. The van der Waals surface area contributed by atoms with Crippen LogP contribution in [-0.2, 0) is 0 Å². The largest absolute Gasteiger partial charge is 0.353 e. The first-order chi connectivity index (χ1) is 12.8. The predicted octanol–water partition coefficient (Wildman–Crippen LogP) is 5.39. The zero-order valence-electron chi connectivity index (χ0n) is 14.5. The van der Waals surface area contributed by atoms with Gasteiger partial charge in [-0.15, -0.1) is 0 Å². The van der Waals surface area contributed by atoms with Gasteiger partial charge >= 0.3 is 5.69 Å². The van der Waals surface area contributed by atoms with Crippen molar-refractivity contribution in [2.45, 2.75) is 13.8 Å². The van der Waals surface area contributed by atoms with E-state index in [1.54, 1.807) is 6.07 Å². The van der Waals surface area contributed by atoms with E-state index in [0.29, 0.717) is 10.2 Å². The molecule has 0 bridgehead atoms. The van der Waals surface area contributed by atoms with Gasteiger partial charge in [-0.1, -0.05) is 22.0 Å². The van der Waals surface area contributed by atoms with Crippen LogP contribution in [0.2, 0.25) is 0 Å². The van der Waals surface area contributed by atoms with Gasteiger partial charge in [-0.05, 0) is 55.3 Å². The Kier molecular flexibility index (Phi) is 5.31. The van der Waals surface area contributed by atoms with Crippen molar-refractivity contribution in [1.82, 2.24) is 9.97 Å². The summed E-state index contributed by atoms with van der Waals surface area (Å²) in [5.74, 6) is -0.663. The molecule has 0 saturated carbocycles. The number of hydrogen-bond acceptors (Lipinski definition) is 6. The SMILES string of the molecule is Cc1cc(C)cc(Nc2ncnc(Nc3ccc(Br)cc3F)c2[N+](=O)[O-])c1. The molecule has 0 atom stereocenters. The fourth-order valence-electron chi connectivity index (χ4n) is 2.64. The highest BCUT2D eigenvalue weighted by molar-refractivity contribution is 9.10. The number of nitrogens with zero attached hydrogens (tertiary/aromatic N) is 3. The lowest BCUT2D eigenvalue weighted by atomic mass is 10.1. The van der Waals surface area contributed by atoms with Crippen LogP contribution in [0.15, 0.2) is 47.2 Å². The molecule has 138 valence electrons. The van der Waals surface area contributed by atoms with Gasteiger partial charge in [0.1, 0.15) is 12.1 Å². The van der Waals surface area contributed by atoms with Crippen LogP contribution in [0.1, 0.15) is 11.1 Å². The summed E-state index contributed by atoms with van der Waals surface area (Å²) < 4.78 is 14.6. The van der Waals surface area contributed by atoms with Crippen molar-refractivity contribution in [3.63, 3.8) is 0 Å². The lowest BCUT2D eigenvalue weighted by Gasteiger charge is -2.11. The van der Waals surface area contributed by atoms with Crippen LogP contribution < -0.4 is 10.6 Å². The normalized spacial score (nSPS) is 10.5. The topological polar surface area (TPSA) is 93.0 Å². The first-order valence-corrected chi connectivity index (χ1v) is 8.69. The van der Waals surface area contributed by atoms with Crippen LogP contribution in [-0.4, -0.2) is 14.9 Å². The Morgan fingerprint density at radius 1 is 1.04 bits per heavy atom. The van der Waals surface area contributed by atoms with E-state index in [1.807, 2.05) is 32.0 Å². The summed E-state index contributed by atoms with van der Waals surface area (Å²) in [6.45, 7) is 3.85. The van der Waals surface area contributed by atoms with Crippen molar-refractivity contribution >= 4 is 44.6 Å². The van der Waals surface area contributed by atoms with Crippen molar-refractivity contribution in [1.29, 1.82) is 0 Å². The van der Waals surface area contributed by atoms with Crippen molar-refractivity contribution in [2.24, 2.45) is 0 Å². The highest BCUT2D eigenvalue weighted by atomic mass is 79.9. The maximum Gasteiger partial charge on any atom is 0.353 e. The van der Waals surface area contributed by atoms with Crippen LogP contribution in [0, 0.1) is 29.8 Å². The summed E-state index contributed by atoms with van der Waals surface area (Å²) in [6.07, 6.45) is 1.18. The number of halogens is 2. The summed E-state index contributed by atoms with van der Waals surface area (Å²) >= 11 is 3.17. The number of nitro groups is 1. The van der Waals surface area contributed by atoms with Crippen LogP contribution >= 0.6 is 15.9 Å². The molecule has 2 N–H and O–H groups in total. The van der Waals surface area contributed by atoms with E-state index in [-0.39, 0.29) is 23.0 Å². The molecule has 2 aromatic carbocycles. The van der Waals surface area contributed by atoms with Crippen molar-refractivity contribution in [3.05, 3.63) is 74.3 Å². The quantitative estimate of drug-likeness (QED) is 0.415. The lowest BCUT2D eigenvalue weighted by molar-refractivity contribution is -0.383. The second-order valence-electron chi connectivity index (χ2n) is 5.93. The van der Waals surface area contributed by atoms with E-state index in [9.17, 15) is 14.5 Å². The zero-order chi connectivity index (χ0) is 19.6. The Hall–Kier alpha value is -3.07. The van der Waals surface area contributed by atoms with Gasteiger partial charge in [-0.25, -0.2) is 14.4 Å². The predicted molar refractivity (Wildman–Crippen MR) is 105 cm³/mol. The Morgan fingerprint density at radius 2 is 1.67 bits per heavy atom. The Balaban J connectivity index is 2.00. The average Bonchev–Trinajstić information content (AvgIpc) is 2.56. The van der Waals surface area contributed by atoms with Gasteiger partial charge in [-0.2, -0.15) is 0 Å². The van der Waals surface area contributed by atoms with Gasteiger partial charge < -0.3 is 10.6 Å². The highest BCUT2D eigenvalue weighted by Crippen LogP contribution is 2.34. The summed E-state index contributed by atoms with van der Waals surface area (Å²) in [4.78, 5) is 18.9. The minimum absolute atomic E-state index is 0.0139. The minimum Gasteiger partial charge on any atom is -0.334 e. The number of hydrogen-bond donors (Lipinski definition) is 2. The number of aromatic nitrogens is 2. The first-order valence-electron chi connectivity index (χ1n) is 7.90. The fraction of sp³-hybridized carbons (Fsp3) is 0.111. The molecule has 0 unspecified atom stereocenters. The van der Waals surface area contributed by atoms with Gasteiger partial charge in [0.2, 0.25) is 11.6 Å². The first kappa shape index (κ1) is 18.7. The van der Waals surface area contributed by atoms with Crippen molar-refractivity contribution in [3.8, 4) is 0 Å². The summed E-state index contributed by atoms with van der Waals surface area (Å²) in [5, 5.41) is 17.3. The summed E-state index contributed by atoms with van der Waals surface area (Å²) in [7, 11) is 0. The Labute approximate surface area is 163 Å². The van der Waals surface area contributed by atoms with E-state index in [0.717, 1.165) is 11.1 Å². The van der Waals surface area contributed by atoms with Gasteiger partial charge in [0, 0.05) is 10.2 Å². The zero-order valence-corrected chi connectivity index (χ0v) is 16.0. The van der Waals surface area contributed by atoms with E-state index < -0.39 is 10.7 Å². The maximum absolute atomic E-state index is 14.1. The van der Waals surface area contributed by atoms with Crippen LogP contribution in [0.3, 0.4) is 0 Å². The van der Waals surface area contributed by atoms with Gasteiger partial charge in [0.05, 0.1) is 10.6 Å². The third-order valence-corrected chi connectivity index (χ3v) is 4.17. The molecule has 3 rings (SSSR count). The molecule has 1 heterocycles. The highest BCUT2D eigenvalue weighted by Gasteiger charge is 2.24. The third kappa shape index (κ3) is 4.37. The summed E-state index contributed by atoms with van der Waals surface area (Å²) in [5.41, 5.74) is 2.36. The molecule has 0 aliphatic rings. The Bertz CT molecular complexity index is 1010. The third-order valence-electron chi connectivity index (χ3n) is 3.67. The number of benzene rings is 2. The molecule has 0 amide bonds. The molecule has 0 aliphatic heterocycles.